The van der Waals surface area contributed by atoms with Crippen LogP contribution in [0.3, 0.4) is 0 Å². The Morgan fingerprint density at radius 2 is 2.12 bits per heavy atom. The number of nitrogens with one attached hydrogen (secondary N) is 1. The molecule has 84 valence electrons. The predicted octanol–water partition coefficient (Wildman–Crippen LogP) is 1.44. The number of nitrogens with zero attached hydrogens (tertiary/aromatic N) is 2. The fraction of sp³-hybridized carbons (Fsp3) is 0.125. The summed E-state index contributed by atoms with van der Waals surface area (Å²) in [7, 11) is 0. The number of hydrogen-bond donors (Lipinski definition) is 1. The maximum Gasteiger partial charge on any atom is 0.434 e. The largest absolute Gasteiger partial charge is 0.434 e. The van der Waals surface area contributed by atoms with Crippen LogP contribution >= 0.6 is 0 Å². The first-order valence-electron chi connectivity index (χ1n) is 4.06. The van der Waals surface area contributed by atoms with Crippen LogP contribution in [0.5, 0.6) is 0 Å². The van der Waals surface area contributed by atoms with Gasteiger partial charge in [0.1, 0.15) is 5.69 Å². The van der Waals surface area contributed by atoms with Crippen LogP contribution in [0.15, 0.2) is 27.5 Å². The molecule has 0 aromatic carbocycles. The number of alkyl halides is 3. The smallest absolute Gasteiger partial charge is 0.388 e. The van der Waals surface area contributed by atoms with Crippen LogP contribution in [0.2, 0.25) is 0 Å². The van der Waals surface area contributed by atoms with E-state index in [1.165, 1.54) is 6.07 Å². The number of rotatable bonds is 1. The Hall–Kier alpha value is -2.12. The van der Waals surface area contributed by atoms with Crippen molar-refractivity contribution in [3.05, 3.63) is 34.6 Å². The zero-order chi connectivity index (χ0) is 11.8. The van der Waals surface area contributed by atoms with Crippen LogP contribution < -0.4 is 5.76 Å². The van der Waals surface area contributed by atoms with Crippen LogP contribution in [0.1, 0.15) is 5.69 Å². The number of pyridine rings is 1. The Morgan fingerprint density at radius 3 is 2.69 bits per heavy atom. The molecule has 0 aliphatic carbocycles. The van der Waals surface area contributed by atoms with Crippen LogP contribution in [-0.4, -0.2) is 15.2 Å². The summed E-state index contributed by atoms with van der Waals surface area (Å²) in [6.45, 7) is 0. The van der Waals surface area contributed by atoms with Gasteiger partial charge in [0.05, 0.1) is 0 Å². The van der Waals surface area contributed by atoms with Gasteiger partial charge >= 0.3 is 11.9 Å². The van der Waals surface area contributed by atoms with Crippen LogP contribution in [0, 0.1) is 0 Å². The van der Waals surface area contributed by atoms with Gasteiger partial charge in [-0.15, -0.1) is 5.10 Å². The Labute approximate surface area is 85.9 Å². The number of aromatic amines is 1. The van der Waals surface area contributed by atoms with E-state index < -0.39 is 17.6 Å². The lowest BCUT2D eigenvalue weighted by Gasteiger charge is -2.05. The van der Waals surface area contributed by atoms with Crippen molar-refractivity contribution in [2.75, 3.05) is 0 Å². The molecule has 0 radical (unpaired) electrons. The molecule has 16 heavy (non-hydrogen) atoms. The molecule has 2 aromatic rings. The molecule has 2 rings (SSSR count). The molecule has 0 aliphatic rings. The number of hydrogen-bond acceptors (Lipinski definition) is 4. The molecule has 1 N–H and O–H groups in total. The average molecular weight is 231 g/mol. The number of aromatic nitrogens is 3. The Bertz CT molecular complexity index is 558. The average Bonchev–Trinajstić information content (AvgIpc) is 2.64. The summed E-state index contributed by atoms with van der Waals surface area (Å²) in [6.07, 6.45) is -3.58. The van der Waals surface area contributed by atoms with Crippen molar-refractivity contribution in [1.29, 1.82) is 0 Å². The van der Waals surface area contributed by atoms with Gasteiger partial charge in [-0.25, -0.2) is 9.89 Å². The van der Waals surface area contributed by atoms with E-state index in [-0.39, 0.29) is 11.5 Å². The van der Waals surface area contributed by atoms with E-state index in [0.717, 1.165) is 12.3 Å². The van der Waals surface area contributed by atoms with Gasteiger partial charge in [-0.05, 0) is 12.1 Å². The monoisotopic (exact) mass is 231 g/mol. The van der Waals surface area contributed by atoms with E-state index in [9.17, 15) is 18.0 Å². The second kappa shape index (κ2) is 3.47. The molecule has 0 amide bonds. The third-order valence-electron chi connectivity index (χ3n) is 1.74. The highest BCUT2D eigenvalue weighted by atomic mass is 19.4. The molecule has 8 heteroatoms. The molecule has 0 unspecified atom stereocenters. The molecular formula is C8H4F3N3O2. The van der Waals surface area contributed by atoms with Crippen molar-refractivity contribution in [2.45, 2.75) is 6.18 Å². The van der Waals surface area contributed by atoms with Gasteiger partial charge in [0.25, 0.3) is 0 Å². The molecule has 0 saturated carbocycles. The Balaban J connectivity index is 2.48. The third-order valence-corrected chi connectivity index (χ3v) is 1.74. The maximum atomic E-state index is 12.3. The molecule has 0 fully saturated rings. The normalized spacial score (nSPS) is 11.7. The summed E-state index contributed by atoms with van der Waals surface area (Å²) in [5.74, 6) is -1.04. The molecular weight excluding hydrogens is 227 g/mol. The topological polar surface area (TPSA) is 71.8 Å². The van der Waals surface area contributed by atoms with Gasteiger partial charge in [-0.1, -0.05) is 0 Å². The van der Waals surface area contributed by atoms with Crippen molar-refractivity contribution in [3.63, 3.8) is 0 Å². The van der Waals surface area contributed by atoms with Gasteiger partial charge in [-0.3, -0.25) is 4.98 Å². The minimum Gasteiger partial charge on any atom is -0.388 e. The van der Waals surface area contributed by atoms with Crippen molar-refractivity contribution in [2.24, 2.45) is 0 Å². The zero-order valence-corrected chi connectivity index (χ0v) is 7.58. The Kier molecular flexibility index (Phi) is 2.26. The molecule has 0 aliphatic heterocycles. The number of halogens is 3. The van der Waals surface area contributed by atoms with E-state index in [4.69, 9.17) is 0 Å². The van der Waals surface area contributed by atoms with E-state index in [2.05, 4.69) is 14.5 Å². The summed E-state index contributed by atoms with van der Waals surface area (Å²) >= 11 is 0. The second-order valence-corrected chi connectivity index (χ2v) is 2.85. The molecule has 5 nitrogen and oxygen atoms in total. The molecule has 0 atom stereocenters. The lowest BCUT2D eigenvalue weighted by Crippen LogP contribution is -2.07. The Morgan fingerprint density at radius 1 is 1.38 bits per heavy atom. The highest BCUT2D eigenvalue weighted by Crippen LogP contribution is 2.29. The summed E-state index contributed by atoms with van der Waals surface area (Å²) in [4.78, 5) is 13.8. The summed E-state index contributed by atoms with van der Waals surface area (Å²) in [5, 5.41) is 5.36. The number of H-pyrrole nitrogens is 1. The van der Waals surface area contributed by atoms with Crippen LogP contribution in [0.4, 0.5) is 13.2 Å². The zero-order valence-electron chi connectivity index (χ0n) is 7.58. The minimum atomic E-state index is -4.55. The maximum absolute atomic E-state index is 12.3. The van der Waals surface area contributed by atoms with Crippen molar-refractivity contribution >= 4 is 0 Å². The van der Waals surface area contributed by atoms with Gasteiger partial charge in [0.2, 0.25) is 5.89 Å². The quantitative estimate of drug-likeness (QED) is 0.806. The highest BCUT2D eigenvalue weighted by molar-refractivity contribution is 5.52. The second-order valence-electron chi connectivity index (χ2n) is 2.85. The summed E-state index contributed by atoms with van der Waals surface area (Å²) in [5.41, 5.74) is -1.05. The molecule has 2 aromatic heterocycles. The molecule has 2 heterocycles. The van der Waals surface area contributed by atoms with Crippen molar-refractivity contribution < 1.29 is 17.6 Å². The van der Waals surface area contributed by atoms with Crippen LogP contribution in [0.25, 0.3) is 11.5 Å². The first-order valence-corrected chi connectivity index (χ1v) is 4.06. The first-order chi connectivity index (χ1) is 7.47. The van der Waals surface area contributed by atoms with Gasteiger partial charge in [0, 0.05) is 11.8 Å². The van der Waals surface area contributed by atoms with Crippen molar-refractivity contribution in [1.82, 2.24) is 15.2 Å². The van der Waals surface area contributed by atoms with Gasteiger partial charge in [-0.2, -0.15) is 13.2 Å². The van der Waals surface area contributed by atoms with Crippen LogP contribution in [-0.2, 0) is 6.18 Å². The lowest BCUT2D eigenvalue weighted by molar-refractivity contribution is -0.141. The molecule has 0 saturated heterocycles. The minimum absolute atomic E-state index is 0.0284. The third kappa shape index (κ3) is 1.95. The SMILES string of the molecule is O=c1[nH]nc(-c2ccnc(C(F)(F)F)c2)o1. The lowest BCUT2D eigenvalue weighted by atomic mass is 10.2. The summed E-state index contributed by atoms with van der Waals surface area (Å²) < 4.78 is 41.4. The fourth-order valence-corrected chi connectivity index (χ4v) is 1.07. The summed E-state index contributed by atoms with van der Waals surface area (Å²) in [6, 6.07) is 2.01. The van der Waals surface area contributed by atoms with E-state index in [0.29, 0.717) is 0 Å². The van der Waals surface area contributed by atoms with E-state index >= 15 is 0 Å². The molecule has 0 bridgehead atoms. The van der Waals surface area contributed by atoms with E-state index in [1.807, 2.05) is 5.10 Å². The fourth-order valence-electron chi connectivity index (χ4n) is 1.07. The van der Waals surface area contributed by atoms with E-state index in [1.54, 1.807) is 0 Å². The predicted molar refractivity (Wildman–Crippen MR) is 45.4 cm³/mol. The first kappa shape index (κ1) is 10.4. The van der Waals surface area contributed by atoms with Gasteiger partial charge in [0.15, 0.2) is 0 Å². The van der Waals surface area contributed by atoms with Crippen molar-refractivity contribution in [3.8, 4) is 11.5 Å². The highest BCUT2D eigenvalue weighted by Gasteiger charge is 2.32. The standard InChI is InChI=1S/C8H4F3N3O2/c9-8(10,11)5-3-4(1-2-12-5)6-13-14-7(15)16-6/h1-3H,(H,14,15). The van der Waals surface area contributed by atoms with Gasteiger partial charge < -0.3 is 4.42 Å². The molecule has 0 spiro atoms.